The number of rotatable bonds is 8. The first-order valence-electron chi connectivity index (χ1n) is 12.0. The number of para-hydroxylation sites is 1. The Labute approximate surface area is 206 Å². The number of nitrogens with zero attached hydrogens (tertiary/aromatic N) is 4. The molecule has 3 aromatic rings. The van der Waals surface area contributed by atoms with E-state index in [1.807, 2.05) is 36.1 Å². The van der Waals surface area contributed by atoms with Crippen LogP contribution in [0.15, 0.2) is 53.7 Å². The first-order valence-corrected chi connectivity index (χ1v) is 13.0. The lowest BCUT2D eigenvalue weighted by atomic mass is 10.00. The molecule has 1 aliphatic rings. The zero-order valence-electron chi connectivity index (χ0n) is 20.7. The van der Waals surface area contributed by atoms with Gasteiger partial charge in [0.2, 0.25) is 5.91 Å². The summed E-state index contributed by atoms with van der Waals surface area (Å²) in [4.78, 5) is 14.9. The normalized spacial score (nSPS) is 14.4. The molecule has 0 saturated carbocycles. The number of benzene rings is 2. The number of hydrogen-bond acceptors (Lipinski definition) is 5. The SMILES string of the molecule is CC(C)c1ccccc1OC(C)c1nnc(SCC(=O)N2CCc3ccccc3C2)n1C(C)C. The number of carbonyl (C=O) groups excluding carboxylic acids is 1. The van der Waals surface area contributed by atoms with Gasteiger partial charge in [0.25, 0.3) is 0 Å². The van der Waals surface area contributed by atoms with E-state index >= 15 is 0 Å². The lowest BCUT2D eigenvalue weighted by Gasteiger charge is -2.28. The summed E-state index contributed by atoms with van der Waals surface area (Å²) in [5.41, 5.74) is 3.76. The van der Waals surface area contributed by atoms with Crippen molar-refractivity contribution < 1.29 is 9.53 Å². The molecule has 0 bridgehead atoms. The molecule has 180 valence electrons. The van der Waals surface area contributed by atoms with Gasteiger partial charge >= 0.3 is 0 Å². The molecule has 0 spiro atoms. The highest BCUT2D eigenvalue weighted by Gasteiger charge is 2.25. The fourth-order valence-corrected chi connectivity index (χ4v) is 5.36. The summed E-state index contributed by atoms with van der Waals surface area (Å²) in [6.07, 6.45) is 0.643. The molecule has 1 atom stereocenters. The van der Waals surface area contributed by atoms with Crippen molar-refractivity contribution in [2.24, 2.45) is 0 Å². The van der Waals surface area contributed by atoms with Gasteiger partial charge in [-0.3, -0.25) is 4.79 Å². The Bertz CT molecular complexity index is 1140. The molecule has 0 N–H and O–H groups in total. The minimum atomic E-state index is -0.265. The third kappa shape index (κ3) is 5.30. The highest BCUT2D eigenvalue weighted by Crippen LogP contribution is 2.32. The van der Waals surface area contributed by atoms with Crippen LogP contribution in [-0.2, 0) is 17.8 Å². The molecule has 1 aliphatic heterocycles. The van der Waals surface area contributed by atoms with Gasteiger partial charge in [-0.15, -0.1) is 10.2 Å². The Morgan fingerprint density at radius 2 is 1.71 bits per heavy atom. The maximum Gasteiger partial charge on any atom is 0.233 e. The summed E-state index contributed by atoms with van der Waals surface area (Å²) < 4.78 is 8.43. The second-order valence-corrected chi connectivity index (χ2v) is 10.3. The fourth-order valence-electron chi connectivity index (χ4n) is 4.38. The maximum atomic E-state index is 13.0. The first-order chi connectivity index (χ1) is 16.3. The molecule has 0 aliphatic carbocycles. The van der Waals surface area contributed by atoms with E-state index in [0.717, 1.165) is 29.7 Å². The van der Waals surface area contributed by atoms with Gasteiger partial charge < -0.3 is 14.2 Å². The van der Waals surface area contributed by atoms with Crippen LogP contribution in [0.25, 0.3) is 0 Å². The molecule has 2 aromatic carbocycles. The summed E-state index contributed by atoms with van der Waals surface area (Å²) in [5, 5.41) is 9.66. The average molecular weight is 479 g/mol. The standard InChI is InChI=1S/C27H34N4O2S/c1-18(2)23-12-8-9-13-24(23)33-20(5)26-28-29-27(31(26)19(3)4)34-17-25(32)30-15-14-21-10-6-7-11-22(21)16-30/h6-13,18-20H,14-17H2,1-5H3. The van der Waals surface area contributed by atoms with Gasteiger partial charge in [-0.05, 0) is 55.9 Å². The van der Waals surface area contributed by atoms with Crippen molar-refractivity contribution in [3.8, 4) is 5.75 Å². The second kappa shape index (κ2) is 10.6. The average Bonchev–Trinajstić information content (AvgIpc) is 3.27. The summed E-state index contributed by atoms with van der Waals surface area (Å²) in [7, 11) is 0. The molecule has 1 unspecified atom stereocenters. The first kappa shape index (κ1) is 24.3. The molecule has 0 fully saturated rings. The largest absolute Gasteiger partial charge is 0.482 e. The Hall–Kier alpha value is -2.80. The van der Waals surface area contributed by atoms with E-state index < -0.39 is 0 Å². The van der Waals surface area contributed by atoms with Crippen molar-refractivity contribution >= 4 is 17.7 Å². The minimum Gasteiger partial charge on any atom is -0.482 e. The van der Waals surface area contributed by atoms with Crippen molar-refractivity contribution in [2.75, 3.05) is 12.3 Å². The van der Waals surface area contributed by atoms with Gasteiger partial charge in [0.1, 0.15) is 5.75 Å². The predicted molar refractivity (Wildman–Crippen MR) is 136 cm³/mol. The van der Waals surface area contributed by atoms with Gasteiger partial charge in [-0.2, -0.15) is 0 Å². The van der Waals surface area contributed by atoms with E-state index in [-0.39, 0.29) is 18.1 Å². The third-order valence-electron chi connectivity index (χ3n) is 6.22. The minimum absolute atomic E-state index is 0.134. The molecule has 1 amide bonds. The van der Waals surface area contributed by atoms with Crippen molar-refractivity contribution in [3.05, 3.63) is 71.0 Å². The monoisotopic (exact) mass is 478 g/mol. The molecule has 0 radical (unpaired) electrons. The molecule has 6 nitrogen and oxygen atoms in total. The van der Waals surface area contributed by atoms with Crippen molar-refractivity contribution in [2.45, 2.75) is 70.8 Å². The number of amides is 1. The van der Waals surface area contributed by atoms with Crippen molar-refractivity contribution in [3.63, 3.8) is 0 Å². The quantitative estimate of drug-likeness (QED) is 0.383. The van der Waals surface area contributed by atoms with Crippen LogP contribution in [0.4, 0.5) is 0 Å². The molecule has 2 heterocycles. The number of aromatic nitrogens is 3. The highest BCUT2D eigenvalue weighted by atomic mass is 32.2. The Morgan fingerprint density at radius 3 is 2.44 bits per heavy atom. The molecule has 7 heteroatoms. The Kier molecular flexibility index (Phi) is 7.61. The molecular formula is C27H34N4O2S. The number of ether oxygens (including phenoxy) is 1. The van der Waals surface area contributed by atoms with Crippen LogP contribution in [0.5, 0.6) is 5.75 Å². The maximum absolute atomic E-state index is 13.0. The summed E-state index contributed by atoms with van der Waals surface area (Å²) >= 11 is 1.45. The van der Waals surface area contributed by atoms with Crippen LogP contribution >= 0.6 is 11.8 Å². The van der Waals surface area contributed by atoms with E-state index in [9.17, 15) is 4.79 Å². The Morgan fingerprint density at radius 1 is 1.00 bits per heavy atom. The lowest BCUT2D eigenvalue weighted by molar-refractivity contribution is -0.129. The molecule has 1 aromatic heterocycles. The summed E-state index contributed by atoms with van der Waals surface area (Å²) in [6, 6.07) is 16.7. The summed E-state index contributed by atoms with van der Waals surface area (Å²) in [5.74, 6) is 2.49. The topological polar surface area (TPSA) is 60.3 Å². The van der Waals surface area contributed by atoms with Crippen LogP contribution in [0.3, 0.4) is 0 Å². The van der Waals surface area contributed by atoms with Gasteiger partial charge in [0, 0.05) is 19.1 Å². The number of carbonyl (C=O) groups is 1. The third-order valence-corrected chi connectivity index (χ3v) is 7.15. The van der Waals surface area contributed by atoms with Crippen LogP contribution in [0.1, 0.15) is 75.2 Å². The summed E-state index contributed by atoms with van der Waals surface area (Å²) in [6.45, 7) is 12.0. The van der Waals surface area contributed by atoms with Gasteiger partial charge in [-0.1, -0.05) is 68.1 Å². The predicted octanol–water partition coefficient (Wildman–Crippen LogP) is 5.80. The number of hydrogen-bond donors (Lipinski definition) is 0. The Balaban J connectivity index is 1.45. The molecule has 34 heavy (non-hydrogen) atoms. The van der Waals surface area contributed by atoms with Crippen molar-refractivity contribution in [1.82, 2.24) is 19.7 Å². The smallest absolute Gasteiger partial charge is 0.233 e. The highest BCUT2D eigenvalue weighted by molar-refractivity contribution is 7.99. The van der Waals surface area contributed by atoms with Gasteiger partial charge in [0.15, 0.2) is 17.1 Å². The zero-order chi connectivity index (χ0) is 24.2. The van der Waals surface area contributed by atoms with E-state index in [4.69, 9.17) is 4.74 Å². The van der Waals surface area contributed by atoms with Crippen LogP contribution in [0, 0.1) is 0 Å². The zero-order valence-corrected chi connectivity index (χ0v) is 21.5. The van der Waals surface area contributed by atoms with Gasteiger partial charge in [0.05, 0.1) is 5.75 Å². The molecule has 4 rings (SSSR count). The molecule has 0 saturated heterocycles. The molecular weight excluding hydrogens is 444 g/mol. The van der Waals surface area contributed by atoms with E-state index in [2.05, 4.69) is 66.7 Å². The van der Waals surface area contributed by atoms with Crippen LogP contribution in [-0.4, -0.2) is 37.9 Å². The fraction of sp³-hybridized carbons (Fsp3) is 0.444. The van der Waals surface area contributed by atoms with E-state index in [0.29, 0.717) is 18.2 Å². The van der Waals surface area contributed by atoms with Crippen molar-refractivity contribution in [1.29, 1.82) is 0 Å². The number of thioether (sulfide) groups is 1. The van der Waals surface area contributed by atoms with Gasteiger partial charge in [-0.25, -0.2) is 0 Å². The van der Waals surface area contributed by atoms with Crippen LogP contribution in [0.2, 0.25) is 0 Å². The number of fused-ring (bicyclic) bond motifs is 1. The second-order valence-electron chi connectivity index (χ2n) is 9.38. The van der Waals surface area contributed by atoms with E-state index in [1.54, 1.807) is 0 Å². The van der Waals surface area contributed by atoms with Crippen LogP contribution < -0.4 is 4.74 Å². The lowest BCUT2D eigenvalue weighted by Crippen LogP contribution is -2.37. The van der Waals surface area contributed by atoms with E-state index in [1.165, 1.54) is 28.5 Å².